The Kier molecular flexibility index (Phi) is 3.27. The number of aromatic amines is 1. The Hall–Kier alpha value is -3.21. The minimum atomic E-state index is -0.309. The monoisotopic (exact) mass is 317 g/mol. The molecule has 118 valence electrons. The standard InChI is InChI=1S/C19H15N3O2/c1-11-8-18(23)22-17-9-12(6-7-13(11)17)21-19(24)15-10-20-16-5-3-2-4-14(15)16/h2-10,13,20H,1H3,(H,22,23). The molecule has 1 unspecified atom stereocenters. The molecule has 1 aliphatic carbocycles. The van der Waals surface area contributed by atoms with Crippen molar-refractivity contribution in [1.82, 2.24) is 10.3 Å². The van der Waals surface area contributed by atoms with Gasteiger partial charge >= 0.3 is 0 Å². The first kappa shape index (κ1) is 14.4. The van der Waals surface area contributed by atoms with Crippen LogP contribution >= 0.6 is 0 Å². The van der Waals surface area contributed by atoms with E-state index in [2.05, 4.69) is 15.3 Å². The summed E-state index contributed by atoms with van der Waals surface area (Å²) in [7, 11) is 0. The number of carbonyl (C=O) groups is 2. The van der Waals surface area contributed by atoms with Crippen LogP contribution in [0.25, 0.3) is 10.9 Å². The van der Waals surface area contributed by atoms with Crippen LogP contribution in [0.1, 0.15) is 17.3 Å². The molecule has 0 saturated carbocycles. The van der Waals surface area contributed by atoms with Crippen LogP contribution < -0.4 is 5.32 Å². The predicted octanol–water partition coefficient (Wildman–Crippen LogP) is 2.90. The highest BCUT2D eigenvalue weighted by Crippen LogP contribution is 2.26. The molecule has 2 aromatic rings. The molecule has 1 aromatic heterocycles. The van der Waals surface area contributed by atoms with Gasteiger partial charge in [-0.3, -0.25) is 9.59 Å². The molecular weight excluding hydrogens is 302 g/mol. The molecule has 0 radical (unpaired) electrons. The lowest BCUT2D eigenvalue weighted by Crippen LogP contribution is -2.32. The molecule has 24 heavy (non-hydrogen) atoms. The molecule has 2 aliphatic rings. The Bertz CT molecular complexity index is 989. The van der Waals surface area contributed by atoms with Crippen molar-refractivity contribution >= 4 is 28.4 Å². The number of nitrogens with zero attached hydrogens (tertiary/aromatic N) is 1. The summed E-state index contributed by atoms with van der Waals surface area (Å²) in [5, 5.41) is 3.66. The van der Waals surface area contributed by atoms with Crippen LogP contribution in [0.4, 0.5) is 0 Å². The van der Waals surface area contributed by atoms with E-state index in [0.29, 0.717) is 11.3 Å². The number of para-hydroxylation sites is 1. The molecule has 0 bridgehead atoms. The van der Waals surface area contributed by atoms with E-state index in [0.717, 1.165) is 22.2 Å². The Morgan fingerprint density at radius 3 is 2.92 bits per heavy atom. The SMILES string of the molecule is CC1=CC(=O)NC2=CC(=NC(=O)c3c[nH]c4ccccc34)C=CC12. The quantitative estimate of drug-likeness (QED) is 0.848. The Balaban J connectivity index is 1.67. The molecule has 2 N–H and O–H groups in total. The minimum Gasteiger partial charge on any atom is -0.360 e. The van der Waals surface area contributed by atoms with Gasteiger partial charge in [0.1, 0.15) is 0 Å². The molecule has 2 amide bonds. The van der Waals surface area contributed by atoms with Crippen molar-refractivity contribution in [1.29, 1.82) is 0 Å². The number of rotatable bonds is 1. The zero-order valence-electron chi connectivity index (χ0n) is 13.0. The summed E-state index contributed by atoms with van der Waals surface area (Å²) in [6.07, 6.45) is 8.78. The molecule has 5 heteroatoms. The number of amides is 2. The lowest BCUT2D eigenvalue weighted by molar-refractivity contribution is -0.116. The third kappa shape index (κ3) is 2.40. The first-order chi connectivity index (χ1) is 11.6. The first-order valence-electron chi connectivity index (χ1n) is 7.70. The van der Waals surface area contributed by atoms with Gasteiger partial charge in [-0.05, 0) is 25.1 Å². The van der Waals surface area contributed by atoms with Gasteiger partial charge in [-0.15, -0.1) is 0 Å². The van der Waals surface area contributed by atoms with E-state index in [-0.39, 0.29) is 17.7 Å². The lowest BCUT2D eigenvalue weighted by atomic mass is 9.89. The Morgan fingerprint density at radius 1 is 1.21 bits per heavy atom. The lowest BCUT2D eigenvalue weighted by Gasteiger charge is -2.25. The summed E-state index contributed by atoms with van der Waals surface area (Å²) in [5.41, 5.74) is 3.71. The maximum Gasteiger partial charge on any atom is 0.279 e. The highest BCUT2D eigenvalue weighted by molar-refractivity contribution is 6.17. The number of allylic oxidation sites excluding steroid dienone is 3. The minimum absolute atomic E-state index is 0.0461. The van der Waals surface area contributed by atoms with Crippen molar-refractivity contribution < 1.29 is 9.59 Å². The second-order valence-electron chi connectivity index (χ2n) is 5.90. The van der Waals surface area contributed by atoms with Crippen LogP contribution in [-0.2, 0) is 4.79 Å². The molecule has 1 atom stereocenters. The highest BCUT2D eigenvalue weighted by atomic mass is 16.2. The van der Waals surface area contributed by atoms with E-state index in [1.165, 1.54) is 0 Å². The first-order valence-corrected chi connectivity index (χ1v) is 7.70. The predicted molar refractivity (Wildman–Crippen MR) is 92.7 cm³/mol. The highest BCUT2D eigenvalue weighted by Gasteiger charge is 2.24. The second kappa shape index (κ2) is 5.45. The molecule has 0 saturated heterocycles. The van der Waals surface area contributed by atoms with E-state index >= 15 is 0 Å². The largest absolute Gasteiger partial charge is 0.360 e. The summed E-state index contributed by atoms with van der Waals surface area (Å²) in [4.78, 5) is 31.4. The number of H-pyrrole nitrogens is 1. The third-order valence-electron chi connectivity index (χ3n) is 4.27. The normalized spacial score (nSPS) is 21.3. The van der Waals surface area contributed by atoms with Crippen LogP contribution in [0, 0.1) is 5.92 Å². The van der Waals surface area contributed by atoms with E-state index in [1.54, 1.807) is 18.3 Å². The summed E-state index contributed by atoms with van der Waals surface area (Å²) in [6.45, 7) is 1.92. The summed E-state index contributed by atoms with van der Waals surface area (Å²) >= 11 is 0. The zero-order valence-corrected chi connectivity index (χ0v) is 13.0. The molecule has 0 spiro atoms. The number of aromatic nitrogens is 1. The van der Waals surface area contributed by atoms with E-state index in [4.69, 9.17) is 0 Å². The molecule has 2 heterocycles. The summed E-state index contributed by atoms with van der Waals surface area (Å²) in [6, 6.07) is 7.61. The van der Waals surface area contributed by atoms with Crippen molar-refractivity contribution in [2.45, 2.75) is 6.92 Å². The van der Waals surface area contributed by atoms with Crippen molar-refractivity contribution in [2.75, 3.05) is 0 Å². The second-order valence-corrected chi connectivity index (χ2v) is 5.90. The van der Waals surface area contributed by atoms with Gasteiger partial charge in [0.25, 0.3) is 5.91 Å². The average Bonchev–Trinajstić information content (AvgIpc) is 2.98. The van der Waals surface area contributed by atoms with Gasteiger partial charge < -0.3 is 10.3 Å². The Morgan fingerprint density at radius 2 is 2.04 bits per heavy atom. The van der Waals surface area contributed by atoms with Crippen LogP contribution in [0.3, 0.4) is 0 Å². The van der Waals surface area contributed by atoms with Gasteiger partial charge in [0.05, 0.1) is 11.3 Å². The maximum absolute atomic E-state index is 12.5. The number of fused-ring (bicyclic) bond motifs is 2. The van der Waals surface area contributed by atoms with Crippen molar-refractivity contribution in [2.24, 2.45) is 10.9 Å². The molecule has 5 nitrogen and oxygen atoms in total. The molecule has 1 aliphatic heterocycles. The number of hydrogen-bond acceptors (Lipinski definition) is 2. The fraction of sp³-hybridized carbons (Fsp3) is 0.105. The van der Waals surface area contributed by atoms with Gasteiger partial charge in [-0.25, -0.2) is 4.99 Å². The molecule has 4 rings (SSSR count). The van der Waals surface area contributed by atoms with Crippen molar-refractivity contribution in [3.63, 3.8) is 0 Å². The average molecular weight is 317 g/mol. The van der Waals surface area contributed by atoms with Crippen LogP contribution in [0.2, 0.25) is 0 Å². The number of benzene rings is 1. The van der Waals surface area contributed by atoms with E-state index in [1.807, 2.05) is 43.3 Å². The fourth-order valence-corrected chi connectivity index (χ4v) is 3.08. The number of aliphatic imine (C=N–C) groups is 1. The van der Waals surface area contributed by atoms with Crippen molar-refractivity contribution in [3.8, 4) is 0 Å². The smallest absolute Gasteiger partial charge is 0.279 e. The van der Waals surface area contributed by atoms with Crippen LogP contribution in [0.5, 0.6) is 0 Å². The topological polar surface area (TPSA) is 74.3 Å². The van der Waals surface area contributed by atoms with Crippen LogP contribution in [0.15, 0.2) is 71.0 Å². The van der Waals surface area contributed by atoms with Gasteiger partial charge in [0.2, 0.25) is 5.91 Å². The van der Waals surface area contributed by atoms with Gasteiger partial charge in [0.15, 0.2) is 0 Å². The van der Waals surface area contributed by atoms with Gasteiger partial charge in [0, 0.05) is 34.8 Å². The number of hydrogen-bond donors (Lipinski definition) is 2. The van der Waals surface area contributed by atoms with Gasteiger partial charge in [-0.1, -0.05) is 29.8 Å². The van der Waals surface area contributed by atoms with Gasteiger partial charge in [-0.2, -0.15) is 0 Å². The zero-order chi connectivity index (χ0) is 16.7. The molecule has 1 aromatic carbocycles. The summed E-state index contributed by atoms with van der Waals surface area (Å²) < 4.78 is 0. The molecular formula is C19H15N3O2. The van der Waals surface area contributed by atoms with Crippen LogP contribution in [-0.4, -0.2) is 22.5 Å². The Labute approximate surface area is 138 Å². The third-order valence-corrected chi connectivity index (χ3v) is 4.27. The number of carbonyl (C=O) groups excluding carboxylic acids is 2. The molecule has 0 fully saturated rings. The van der Waals surface area contributed by atoms with E-state index < -0.39 is 0 Å². The van der Waals surface area contributed by atoms with Crippen molar-refractivity contribution in [3.05, 3.63) is 71.6 Å². The fourth-order valence-electron chi connectivity index (χ4n) is 3.08. The maximum atomic E-state index is 12.5. The summed E-state index contributed by atoms with van der Waals surface area (Å²) in [5.74, 6) is -0.408. The number of nitrogens with one attached hydrogen (secondary N) is 2. The van der Waals surface area contributed by atoms with E-state index in [9.17, 15) is 9.59 Å².